The van der Waals surface area contributed by atoms with Gasteiger partial charge in [0.05, 0.1) is 5.56 Å². The molecule has 5 heteroatoms. The van der Waals surface area contributed by atoms with E-state index in [1.165, 1.54) is 25.7 Å². The van der Waals surface area contributed by atoms with Crippen molar-refractivity contribution in [1.82, 2.24) is 10.3 Å². The number of carbonyl (C=O) groups is 1. The molecule has 1 aliphatic carbocycles. The minimum atomic E-state index is -0.0413. The normalized spacial score (nSPS) is 15.1. The molecule has 116 valence electrons. The van der Waals surface area contributed by atoms with Gasteiger partial charge in [0.25, 0.3) is 5.91 Å². The Morgan fingerprint density at radius 1 is 1.38 bits per heavy atom. The summed E-state index contributed by atoms with van der Waals surface area (Å²) in [6, 6.07) is 1.83. The number of anilines is 1. The van der Waals surface area contributed by atoms with Gasteiger partial charge in [-0.2, -0.15) is 0 Å². The summed E-state index contributed by atoms with van der Waals surface area (Å²) in [5.41, 5.74) is 0.615. The quantitative estimate of drug-likeness (QED) is 0.779. The maximum absolute atomic E-state index is 12.3. The van der Waals surface area contributed by atoms with E-state index in [0.29, 0.717) is 11.4 Å². The molecule has 0 atom stereocenters. The van der Waals surface area contributed by atoms with Crippen molar-refractivity contribution in [1.29, 1.82) is 0 Å². The Morgan fingerprint density at radius 3 is 2.86 bits per heavy atom. The van der Waals surface area contributed by atoms with Crippen LogP contribution in [-0.2, 0) is 0 Å². The van der Waals surface area contributed by atoms with Crippen molar-refractivity contribution >= 4 is 27.7 Å². The lowest BCUT2D eigenvalue weighted by Crippen LogP contribution is -2.27. The third-order valence-electron chi connectivity index (χ3n) is 3.95. The second-order valence-corrected chi connectivity index (χ2v) is 6.59. The molecule has 0 radical (unpaired) electrons. The molecule has 1 amide bonds. The van der Waals surface area contributed by atoms with Crippen LogP contribution in [0.5, 0.6) is 0 Å². The summed E-state index contributed by atoms with van der Waals surface area (Å²) in [6.07, 6.45) is 9.13. The second kappa shape index (κ2) is 8.37. The molecule has 4 nitrogen and oxygen atoms in total. The zero-order valence-corrected chi connectivity index (χ0v) is 14.2. The molecule has 1 heterocycles. The molecule has 0 unspecified atom stereocenters. The third kappa shape index (κ3) is 4.99. The van der Waals surface area contributed by atoms with Crippen LogP contribution in [-0.4, -0.2) is 24.0 Å². The molecule has 0 spiro atoms. The number of pyridine rings is 1. The number of rotatable bonds is 7. The zero-order valence-electron chi connectivity index (χ0n) is 12.6. The number of halogens is 1. The van der Waals surface area contributed by atoms with Crippen molar-refractivity contribution in [3.05, 3.63) is 22.3 Å². The minimum absolute atomic E-state index is 0.0413. The number of nitrogens with zero attached hydrogens (tertiary/aromatic N) is 1. The van der Waals surface area contributed by atoms with E-state index in [9.17, 15) is 4.79 Å². The van der Waals surface area contributed by atoms with Crippen LogP contribution in [0.4, 0.5) is 5.82 Å². The van der Waals surface area contributed by atoms with Crippen LogP contribution in [0, 0.1) is 5.92 Å². The SMILES string of the molecule is CCCNc1ncc(Br)cc1C(=O)NCCC1CCCC1. The topological polar surface area (TPSA) is 54.0 Å². The van der Waals surface area contributed by atoms with Crippen molar-refractivity contribution in [3.8, 4) is 0 Å². The number of aromatic nitrogens is 1. The van der Waals surface area contributed by atoms with E-state index in [1.807, 2.05) is 6.07 Å². The smallest absolute Gasteiger partial charge is 0.255 e. The van der Waals surface area contributed by atoms with Gasteiger partial charge in [0.1, 0.15) is 5.82 Å². The van der Waals surface area contributed by atoms with E-state index in [-0.39, 0.29) is 5.91 Å². The highest BCUT2D eigenvalue weighted by Gasteiger charge is 2.16. The Balaban J connectivity index is 1.91. The number of hydrogen-bond donors (Lipinski definition) is 2. The number of amides is 1. The molecule has 2 N–H and O–H groups in total. The maximum Gasteiger partial charge on any atom is 0.255 e. The Morgan fingerprint density at radius 2 is 2.14 bits per heavy atom. The second-order valence-electron chi connectivity index (χ2n) is 5.67. The molecular weight excluding hydrogens is 330 g/mol. The summed E-state index contributed by atoms with van der Waals surface area (Å²) in [5.74, 6) is 1.42. The van der Waals surface area contributed by atoms with Gasteiger partial charge in [-0.3, -0.25) is 4.79 Å². The maximum atomic E-state index is 12.3. The summed E-state index contributed by atoms with van der Waals surface area (Å²) in [4.78, 5) is 16.6. The minimum Gasteiger partial charge on any atom is -0.369 e. The van der Waals surface area contributed by atoms with Gasteiger partial charge in [0.2, 0.25) is 0 Å². The van der Waals surface area contributed by atoms with Gasteiger partial charge in [0.15, 0.2) is 0 Å². The first-order valence-electron chi connectivity index (χ1n) is 7.88. The molecule has 0 saturated heterocycles. The van der Waals surface area contributed by atoms with E-state index in [2.05, 4.69) is 38.5 Å². The number of nitrogens with one attached hydrogen (secondary N) is 2. The van der Waals surface area contributed by atoms with Crippen LogP contribution in [0.2, 0.25) is 0 Å². The predicted octanol–water partition coefficient (Wildman–Crippen LogP) is 3.98. The van der Waals surface area contributed by atoms with Gasteiger partial charge in [-0.1, -0.05) is 32.6 Å². The molecule has 1 saturated carbocycles. The fraction of sp³-hybridized carbons (Fsp3) is 0.625. The van der Waals surface area contributed by atoms with Gasteiger partial charge in [-0.05, 0) is 40.8 Å². The van der Waals surface area contributed by atoms with E-state index in [1.54, 1.807) is 6.20 Å². The number of hydrogen-bond acceptors (Lipinski definition) is 3. The number of carbonyl (C=O) groups excluding carboxylic acids is 1. The molecule has 21 heavy (non-hydrogen) atoms. The Labute approximate surface area is 135 Å². The van der Waals surface area contributed by atoms with E-state index in [4.69, 9.17) is 0 Å². The van der Waals surface area contributed by atoms with Gasteiger partial charge in [-0.25, -0.2) is 4.98 Å². The molecular formula is C16H24BrN3O. The van der Waals surface area contributed by atoms with Gasteiger partial charge < -0.3 is 10.6 Å². The van der Waals surface area contributed by atoms with E-state index >= 15 is 0 Å². The summed E-state index contributed by atoms with van der Waals surface area (Å²) < 4.78 is 0.825. The fourth-order valence-corrected chi connectivity index (χ4v) is 3.11. The first-order chi connectivity index (χ1) is 10.2. The lowest BCUT2D eigenvalue weighted by molar-refractivity contribution is 0.0952. The van der Waals surface area contributed by atoms with Gasteiger partial charge in [-0.15, -0.1) is 0 Å². The zero-order chi connectivity index (χ0) is 15.1. The van der Waals surface area contributed by atoms with E-state index in [0.717, 1.165) is 36.3 Å². The summed E-state index contributed by atoms with van der Waals surface area (Å²) in [5, 5.41) is 6.24. The average molecular weight is 354 g/mol. The van der Waals surface area contributed by atoms with Crippen LogP contribution in [0.3, 0.4) is 0 Å². The van der Waals surface area contributed by atoms with Crippen molar-refractivity contribution in [2.24, 2.45) is 5.92 Å². The van der Waals surface area contributed by atoms with Crippen molar-refractivity contribution in [3.63, 3.8) is 0 Å². The molecule has 0 aliphatic heterocycles. The van der Waals surface area contributed by atoms with Crippen LogP contribution >= 0.6 is 15.9 Å². The molecule has 1 aliphatic rings. The molecule has 2 rings (SSSR count). The molecule has 0 aromatic carbocycles. The average Bonchev–Trinajstić information content (AvgIpc) is 2.99. The monoisotopic (exact) mass is 353 g/mol. The van der Waals surface area contributed by atoms with Crippen molar-refractivity contribution in [2.45, 2.75) is 45.4 Å². The Bertz CT molecular complexity index is 473. The first kappa shape index (κ1) is 16.3. The third-order valence-corrected chi connectivity index (χ3v) is 4.39. The largest absolute Gasteiger partial charge is 0.369 e. The summed E-state index contributed by atoms with van der Waals surface area (Å²) in [7, 11) is 0. The highest BCUT2D eigenvalue weighted by atomic mass is 79.9. The lowest BCUT2D eigenvalue weighted by atomic mass is 10.0. The molecule has 0 bridgehead atoms. The van der Waals surface area contributed by atoms with Crippen LogP contribution < -0.4 is 10.6 Å². The van der Waals surface area contributed by atoms with Gasteiger partial charge >= 0.3 is 0 Å². The lowest BCUT2D eigenvalue weighted by Gasteiger charge is -2.13. The summed E-state index contributed by atoms with van der Waals surface area (Å²) in [6.45, 7) is 3.66. The Hall–Kier alpha value is -1.10. The summed E-state index contributed by atoms with van der Waals surface area (Å²) >= 11 is 3.38. The van der Waals surface area contributed by atoms with Crippen LogP contribution in [0.1, 0.15) is 55.8 Å². The fourth-order valence-electron chi connectivity index (χ4n) is 2.78. The highest BCUT2D eigenvalue weighted by molar-refractivity contribution is 9.10. The van der Waals surface area contributed by atoms with E-state index < -0.39 is 0 Å². The molecule has 1 fully saturated rings. The van der Waals surface area contributed by atoms with Crippen LogP contribution in [0.15, 0.2) is 16.7 Å². The standard InChI is InChI=1S/C16H24BrN3O/c1-2-8-18-15-14(10-13(17)11-20-15)16(21)19-9-7-12-5-3-4-6-12/h10-12H,2-9H2,1H3,(H,18,20)(H,19,21). The Kier molecular flexibility index (Phi) is 6.49. The molecule has 1 aromatic rings. The van der Waals surface area contributed by atoms with Crippen molar-refractivity contribution < 1.29 is 4.79 Å². The van der Waals surface area contributed by atoms with Crippen molar-refractivity contribution in [2.75, 3.05) is 18.4 Å². The first-order valence-corrected chi connectivity index (χ1v) is 8.67. The molecule has 1 aromatic heterocycles. The predicted molar refractivity (Wildman–Crippen MR) is 89.6 cm³/mol. The van der Waals surface area contributed by atoms with Crippen LogP contribution in [0.25, 0.3) is 0 Å². The van der Waals surface area contributed by atoms with Gasteiger partial charge in [0, 0.05) is 23.8 Å². The highest BCUT2D eigenvalue weighted by Crippen LogP contribution is 2.27.